The van der Waals surface area contributed by atoms with Crippen molar-refractivity contribution < 1.29 is 55.7 Å². The first-order valence-electron chi connectivity index (χ1n) is 27.4. The van der Waals surface area contributed by atoms with Gasteiger partial charge in [-0.2, -0.15) is 33.9 Å². The van der Waals surface area contributed by atoms with Crippen LogP contribution in [0.25, 0.3) is 45.3 Å². The molecule has 4 heterocycles. The Morgan fingerprint density at radius 1 is 0.511 bits per heavy atom. The van der Waals surface area contributed by atoms with Crippen LogP contribution in [0.3, 0.4) is 0 Å². The van der Waals surface area contributed by atoms with Gasteiger partial charge in [0, 0.05) is 60.1 Å². The number of ether oxygens (including phenoxy) is 4. The summed E-state index contributed by atoms with van der Waals surface area (Å²) in [5, 5.41) is 37.6. The number of rotatable bonds is 27. The van der Waals surface area contributed by atoms with Crippen LogP contribution in [0.5, 0.6) is 0 Å². The summed E-state index contributed by atoms with van der Waals surface area (Å²) in [6, 6.07) is 34.1. The van der Waals surface area contributed by atoms with E-state index in [1.165, 1.54) is 45.8 Å². The molecule has 0 spiro atoms. The zero-order valence-corrected chi connectivity index (χ0v) is 47.6. The van der Waals surface area contributed by atoms with E-state index in [0.717, 1.165) is 16.7 Å². The zero-order chi connectivity index (χ0) is 62.7. The fraction of sp³-hybridized carbons (Fsp3) is 0.258. The van der Waals surface area contributed by atoms with Crippen LogP contribution in [0, 0.1) is 36.5 Å². The molecule has 4 amide bonds. The van der Waals surface area contributed by atoms with Crippen LogP contribution >= 0.6 is 0 Å². The molecule has 0 unspecified atom stereocenters. The van der Waals surface area contributed by atoms with Gasteiger partial charge in [0.1, 0.15) is 17.8 Å². The summed E-state index contributed by atoms with van der Waals surface area (Å²) < 4.78 is 82.8. The minimum atomic E-state index is -4.71. The highest BCUT2D eigenvalue weighted by Crippen LogP contribution is 2.33. The Morgan fingerprint density at radius 3 is 1.31 bits per heavy atom. The second-order valence-electron chi connectivity index (χ2n) is 19.3. The van der Waals surface area contributed by atoms with Crippen LogP contribution in [0.1, 0.15) is 54.4 Å². The van der Waals surface area contributed by atoms with Gasteiger partial charge in [-0.25, -0.2) is 13.8 Å². The highest BCUT2D eigenvalue weighted by molar-refractivity contribution is 6.35. The number of pyridine rings is 2. The Balaban J connectivity index is 0.716. The van der Waals surface area contributed by atoms with Crippen LogP contribution in [0.15, 0.2) is 143 Å². The molecule has 454 valence electrons. The quantitative estimate of drug-likeness (QED) is 0.0261. The molecule has 8 rings (SSSR count). The smallest absolute Gasteiger partial charge is 0.377 e. The van der Waals surface area contributed by atoms with E-state index in [9.17, 15) is 56.9 Å². The van der Waals surface area contributed by atoms with Crippen molar-refractivity contribution in [3.63, 3.8) is 0 Å². The second-order valence-corrected chi connectivity index (χ2v) is 19.3. The van der Waals surface area contributed by atoms with Crippen molar-refractivity contribution in [2.75, 3.05) is 79.0 Å². The number of nitrogens with one attached hydrogen (secondary N) is 4. The first kappa shape index (κ1) is 63.6. The van der Waals surface area contributed by atoms with Gasteiger partial charge in [0.25, 0.3) is 22.9 Å². The molecule has 4 aromatic heterocycles. The Kier molecular flexibility index (Phi) is 21.8. The normalized spacial score (nSPS) is 11.2. The Morgan fingerprint density at radius 2 is 0.909 bits per heavy atom. The van der Waals surface area contributed by atoms with Crippen LogP contribution < -0.4 is 32.4 Å². The molecular weight excluding hydrogens is 1150 g/mol. The lowest BCUT2D eigenvalue weighted by Gasteiger charge is -2.19. The number of carbonyl (C=O) groups is 4. The third-order valence-corrected chi connectivity index (χ3v) is 13.5. The summed E-state index contributed by atoms with van der Waals surface area (Å²) in [5.41, 5.74) is 2.04. The third kappa shape index (κ3) is 15.7. The van der Waals surface area contributed by atoms with Gasteiger partial charge in [-0.05, 0) is 123 Å². The molecule has 4 N–H and O–H groups in total. The van der Waals surface area contributed by atoms with Crippen molar-refractivity contribution in [3.05, 3.63) is 199 Å². The number of hydrogen-bond acceptors (Lipinski definition) is 14. The van der Waals surface area contributed by atoms with E-state index in [1.807, 2.05) is 6.07 Å². The van der Waals surface area contributed by atoms with Gasteiger partial charge in [-0.15, -0.1) is 0 Å². The highest BCUT2D eigenvalue weighted by Gasteiger charge is 2.31. The minimum Gasteiger partial charge on any atom is -0.377 e. The fourth-order valence-corrected chi connectivity index (χ4v) is 9.20. The molecule has 26 heteroatoms. The predicted octanol–water partition coefficient (Wildman–Crippen LogP) is 6.00. The molecule has 0 fully saturated rings. The topological polar surface area (TPSA) is 281 Å². The van der Waals surface area contributed by atoms with Gasteiger partial charge in [-0.3, -0.25) is 37.9 Å². The standard InChI is InChI=1S/C62H58F4N12O10/c1-40-50(54-17-19-73-77(54)46-13-9-42(38-67)10-14-46)35-52(60(83)75(40)48-7-3-5-44(33-48)37-63)56(79)69-21-25-85-29-31-87-27-23-71-58(81)59(82)72-24-28-88-32-30-86-26-22-70-57(80)53-36-51(55-18-20-74-78(55)47-15-11-43(39-68)12-16-47)41(2)76(61(53)84)49-8-4-6-45(34-49)62(64,65)66/h3-20,33-36H,21-32,37H2,1-2H3,(H,69,79)(H,70,80)(H,71,81)(H,72,82). The summed E-state index contributed by atoms with van der Waals surface area (Å²) in [6.45, 7) is 2.97. The van der Waals surface area contributed by atoms with Crippen molar-refractivity contribution >= 4 is 23.6 Å². The summed E-state index contributed by atoms with van der Waals surface area (Å²) in [7, 11) is 0. The van der Waals surface area contributed by atoms with Crippen LogP contribution in [-0.2, 0) is 41.4 Å². The summed E-state index contributed by atoms with van der Waals surface area (Å²) in [6.07, 6.45) is -1.67. The molecule has 0 saturated carbocycles. The number of halogens is 4. The Hall–Kier alpha value is -10.4. The highest BCUT2D eigenvalue weighted by atomic mass is 19.4. The lowest BCUT2D eigenvalue weighted by Crippen LogP contribution is -2.42. The van der Waals surface area contributed by atoms with Crippen LogP contribution in [-0.4, -0.2) is 131 Å². The Labute approximate surface area is 500 Å². The van der Waals surface area contributed by atoms with Gasteiger partial charge in [0.05, 0.1) is 117 Å². The number of amides is 4. The Bertz CT molecular complexity index is 4010. The van der Waals surface area contributed by atoms with E-state index in [2.05, 4.69) is 37.5 Å². The largest absolute Gasteiger partial charge is 0.416 e. The molecule has 0 saturated heterocycles. The van der Waals surface area contributed by atoms with Crippen molar-refractivity contribution in [2.45, 2.75) is 26.7 Å². The zero-order valence-electron chi connectivity index (χ0n) is 47.6. The second kappa shape index (κ2) is 30.1. The van der Waals surface area contributed by atoms with Crippen molar-refractivity contribution in [3.8, 4) is 57.4 Å². The van der Waals surface area contributed by atoms with Gasteiger partial charge in [0.15, 0.2) is 0 Å². The number of alkyl halides is 4. The van der Waals surface area contributed by atoms with E-state index in [1.54, 1.807) is 104 Å². The van der Waals surface area contributed by atoms with Gasteiger partial charge in [0.2, 0.25) is 0 Å². The molecule has 0 bridgehead atoms. The predicted molar refractivity (Wildman–Crippen MR) is 312 cm³/mol. The van der Waals surface area contributed by atoms with Crippen LogP contribution in [0.4, 0.5) is 17.6 Å². The molecule has 0 aliphatic heterocycles. The first-order chi connectivity index (χ1) is 42.5. The van der Waals surface area contributed by atoms with Crippen molar-refractivity contribution in [2.24, 2.45) is 0 Å². The van der Waals surface area contributed by atoms with Crippen molar-refractivity contribution in [1.82, 2.24) is 50.0 Å². The van der Waals surface area contributed by atoms with Crippen LogP contribution in [0.2, 0.25) is 0 Å². The van der Waals surface area contributed by atoms with E-state index in [-0.39, 0.29) is 102 Å². The van der Waals surface area contributed by atoms with Gasteiger partial charge >= 0.3 is 18.0 Å². The number of nitrogens with zero attached hydrogens (tertiary/aromatic N) is 8. The number of carbonyl (C=O) groups excluding carboxylic acids is 4. The van der Waals surface area contributed by atoms with Crippen molar-refractivity contribution in [1.29, 1.82) is 10.5 Å². The third-order valence-electron chi connectivity index (χ3n) is 13.5. The SMILES string of the molecule is Cc1c(-c2ccnn2-c2ccc(C#N)cc2)cc(C(=O)NCCOCCOCCNC(=O)C(=O)NCCOCCOCCNC(=O)c2cc(-c3ccnn3-c3ccc(C#N)cc3)c(C)n(-c3cccc(C(F)(F)F)c3)c2=O)c(=O)n1-c1cccc(CF)c1. The number of hydrogen-bond donors (Lipinski definition) is 4. The maximum absolute atomic E-state index is 14.0. The summed E-state index contributed by atoms with van der Waals surface area (Å²) in [5.74, 6) is -3.29. The maximum Gasteiger partial charge on any atom is 0.416 e. The van der Waals surface area contributed by atoms with E-state index in [4.69, 9.17) is 18.9 Å². The molecule has 0 aliphatic carbocycles. The lowest BCUT2D eigenvalue weighted by molar-refractivity contribution is -0.139. The van der Waals surface area contributed by atoms with Gasteiger partial charge < -0.3 is 40.2 Å². The minimum absolute atomic E-state index is 0.00490. The van der Waals surface area contributed by atoms with E-state index < -0.39 is 53.2 Å². The maximum atomic E-state index is 14.0. The summed E-state index contributed by atoms with van der Waals surface area (Å²) in [4.78, 5) is 79.9. The van der Waals surface area contributed by atoms with E-state index >= 15 is 0 Å². The molecule has 4 aromatic carbocycles. The number of nitriles is 2. The average molecular weight is 1210 g/mol. The average Bonchev–Trinajstić information content (AvgIpc) is 1.26. The molecule has 0 atom stereocenters. The first-order valence-corrected chi connectivity index (χ1v) is 27.4. The number of aromatic nitrogens is 6. The molecule has 22 nitrogen and oxygen atoms in total. The molecule has 88 heavy (non-hydrogen) atoms. The monoisotopic (exact) mass is 1210 g/mol. The lowest BCUT2D eigenvalue weighted by atomic mass is 10.0. The molecule has 8 aromatic rings. The molecule has 0 radical (unpaired) electrons. The van der Waals surface area contributed by atoms with Gasteiger partial charge in [-0.1, -0.05) is 18.2 Å². The molecule has 0 aliphatic rings. The van der Waals surface area contributed by atoms with E-state index in [0.29, 0.717) is 62.0 Å². The molecular formula is C62H58F4N12O10. The fourth-order valence-electron chi connectivity index (χ4n) is 9.20. The summed E-state index contributed by atoms with van der Waals surface area (Å²) >= 11 is 0. The number of benzene rings is 4.